The number of rotatable bonds is 6. The van der Waals surface area contributed by atoms with Gasteiger partial charge in [0.05, 0.1) is 12.2 Å². The zero-order valence-corrected chi connectivity index (χ0v) is 13.7. The Morgan fingerprint density at radius 2 is 2.10 bits per heavy atom. The van der Waals surface area contributed by atoms with E-state index in [0.29, 0.717) is 12.3 Å². The van der Waals surface area contributed by atoms with Crippen molar-refractivity contribution in [2.75, 3.05) is 26.2 Å². The third kappa shape index (κ3) is 4.04. The summed E-state index contributed by atoms with van der Waals surface area (Å²) in [5.41, 5.74) is 1.31. The summed E-state index contributed by atoms with van der Waals surface area (Å²) in [5, 5.41) is 3.47. The van der Waals surface area contributed by atoms with Gasteiger partial charge in [-0.05, 0) is 19.3 Å². The van der Waals surface area contributed by atoms with Gasteiger partial charge >= 0.3 is 0 Å². The second kappa shape index (κ2) is 6.88. The molecule has 2 aliphatic rings. The Bertz CT molecular complexity index is 476. The SMILES string of the molecule is CCCCC(=O)N1CCN(Cc2nc(C3CC3)cs2)CC1. The molecule has 1 amide bonds. The first-order chi connectivity index (χ1) is 10.3. The van der Waals surface area contributed by atoms with Gasteiger partial charge in [-0.1, -0.05) is 13.3 Å². The molecule has 116 valence electrons. The minimum absolute atomic E-state index is 0.335. The van der Waals surface area contributed by atoms with E-state index in [1.54, 1.807) is 11.3 Å². The first-order valence-corrected chi connectivity index (χ1v) is 9.08. The van der Waals surface area contributed by atoms with Gasteiger partial charge in [-0.2, -0.15) is 0 Å². The van der Waals surface area contributed by atoms with Crippen molar-refractivity contribution < 1.29 is 4.79 Å². The normalized spacial score (nSPS) is 20.0. The van der Waals surface area contributed by atoms with Gasteiger partial charge in [-0.25, -0.2) is 4.98 Å². The molecular formula is C16H25N3OS. The number of hydrogen-bond acceptors (Lipinski definition) is 4. The van der Waals surface area contributed by atoms with Gasteiger partial charge in [0.2, 0.25) is 5.91 Å². The second-order valence-corrected chi connectivity index (χ2v) is 7.14. The third-order valence-corrected chi connectivity index (χ3v) is 5.25. The molecule has 5 heteroatoms. The lowest BCUT2D eigenvalue weighted by molar-refractivity contribution is -0.133. The third-order valence-electron chi connectivity index (χ3n) is 4.39. The number of hydrogen-bond donors (Lipinski definition) is 0. The van der Waals surface area contributed by atoms with Crippen LogP contribution < -0.4 is 0 Å². The highest BCUT2D eigenvalue weighted by Gasteiger charge is 2.26. The van der Waals surface area contributed by atoms with Crippen molar-refractivity contribution in [3.8, 4) is 0 Å². The average Bonchev–Trinajstić information content (AvgIpc) is 3.26. The minimum Gasteiger partial charge on any atom is -0.340 e. The topological polar surface area (TPSA) is 36.4 Å². The van der Waals surface area contributed by atoms with Crippen LogP contribution >= 0.6 is 11.3 Å². The number of amides is 1. The van der Waals surface area contributed by atoms with Crippen LogP contribution in [-0.4, -0.2) is 46.9 Å². The second-order valence-electron chi connectivity index (χ2n) is 6.20. The van der Waals surface area contributed by atoms with Crippen LogP contribution in [-0.2, 0) is 11.3 Å². The molecule has 1 saturated carbocycles. The molecule has 2 fully saturated rings. The Kier molecular flexibility index (Phi) is 4.91. The number of nitrogens with zero attached hydrogens (tertiary/aromatic N) is 3. The van der Waals surface area contributed by atoms with Crippen LogP contribution in [0, 0.1) is 0 Å². The molecule has 0 atom stereocenters. The van der Waals surface area contributed by atoms with E-state index in [0.717, 1.165) is 51.5 Å². The molecule has 1 aromatic rings. The molecule has 0 aromatic carbocycles. The Labute approximate surface area is 131 Å². The molecule has 21 heavy (non-hydrogen) atoms. The lowest BCUT2D eigenvalue weighted by Gasteiger charge is -2.34. The lowest BCUT2D eigenvalue weighted by Crippen LogP contribution is -2.48. The van der Waals surface area contributed by atoms with Crippen LogP contribution in [0.5, 0.6) is 0 Å². The summed E-state index contributed by atoms with van der Waals surface area (Å²) in [5.74, 6) is 1.09. The summed E-state index contributed by atoms with van der Waals surface area (Å²) in [6.45, 7) is 6.81. The van der Waals surface area contributed by atoms with E-state index in [4.69, 9.17) is 4.98 Å². The van der Waals surface area contributed by atoms with E-state index in [-0.39, 0.29) is 0 Å². The van der Waals surface area contributed by atoms with Crippen molar-refractivity contribution in [2.24, 2.45) is 0 Å². The molecule has 0 bridgehead atoms. The van der Waals surface area contributed by atoms with Gasteiger partial charge in [0, 0.05) is 43.9 Å². The maximum atomic E-state index is 12.0. The maximum Gasteiger partial charge on any atom is 0.222 e. The van der Waals surface area contributed by atoms with Gasteiger partial charge in [-0.3, -0.25) is 9.69 Å². The van der Waals surface area contributed by atoms with Crippen LogP contribution in [0.25, 0.3) is 0 Å². The number of carbonyl (C=O) groups excluding carboxylic acids is 1. The van der Waals surface area contributed by atoms with Crippen molar-refractivity contribution in [3.05, 3.63) is 16.1 Å². The predicted molar refractivity (Wildman–Crippen MR) is 85.5 cm³/mol. The zero-order valence-electron chi connectivity index (χ0n) is 12.9. The van der Waals surface area contributed by atoms with Gasteiger partial charge in [0.1, 0.15) is 5.01 Å². The van der Waals surface area contributed by atoms with Gasteiger partial charge in [0.15, 0.2) is 0 Å². The summed E-state index contributed by atoms with van der Waals surface area (Å²) in [7, 11) is 0. The van der Waals surface area contributed by atoms with Crippen molar-refractivity contribution >= 4 is 17.2 Å². The van der Waals surface area contributed by atoms with Crippen LogP contribution in [0.2, 0.25) is 0 Å². The van der Waals surface area contributed by atoms with E-state index in [9.17, 15) is 4.79 Å². The van der Waals surface area contributed by atoms with Crippen molar-refractivity contribution in [1.82, 2.24) is 14.8 Å². The molecule has 1 aromatic heterocycles. The van der Waals surface area contributed by atoms with Gasteiger partial charge in [0.25, 0.3) is 0 Å². The highest BCUT2D eigenvalue weighted by molar-refractivity contribution is 7.09. The maximum absolute atomic E-state index is 12.0. The molecular weight excluding hydrogens is 282 g/mol. The van der Waals surface area contributed by atoms with Crippen molar-refractivity contribution in [1.29, 1.82) is 0 Å². The van der Waals surface area contributed by atoms with E-state index in [1.807, 2.05) is 4.90 Å². The minimum atomic E-state index is 0.335. The van der Waals surface area contributed by atoms with E-state index >= 15 is 0 Å². The summed E-state index contributed by atoms with van der Waals surface area (Å²) in [6.07, 6.45) is 5.47. The highest BCUT2D eigenvalue weighted by atomic mass is 32.1. The number of unbranched alkanes of at least 4 members (excludes halogenated alkanes) is 1. The van der Waals surface area contributed by atoms with Crippen LogP contribution in [0.15, 0.2) is 5.38 Å². The molecule has 3 rings (SSSR count). The van der Waals surface area contributed by atoms with Gasteiger partial charge in [-0.15, -0.1) is 11.3 Å². The summed E-state index contributed by atoms with van der Waals surface area (Å²) >= 11 is 1.80. The number of aromatic nitrogens is 1. The largest absolute Gasteiger partial charge is 0.340 e. The van der Waals surface area contributed by atoms with Gasteiger partial charge < -0.3 is 4.90 Å². The van der Waals surface area contributed by atoms with E-state index < -0.39 is 0 Å². The molecule has 0 radical (unpaired) electrons. The van der Waals surface area contributed by atoms with Crippen LogP contribution in [0.4, 0.5) is 0 Å². The Hall–Kier alpha value is -0.940. The quantitative estimate of drug-likeness (QED) is 0.811. The summed E-state index contributed by atoms with van der Waals surface area (Å²) in [6, 6.07) is 0. The Morgan fingerprint density at radius 3 is 2.76 bits per heavy atom. The standard InChI is InChI=1S/C16H25N3OS/c1-2-3-4-16(20)19-9-7-18(8-10-19)11-15-17-14(12-21-15)13-5-6-13/h12-13H,2-11H2,1H3. The van der Waals surface area contributed by atoms with Crippen molar-refractivity contribution in [2.45, 2.75) is 51.5 Å². The average molecular weight is 307 g/mol. The zero-order chi connectivity index (χ0) is 14.7. The van der Waals surface area contributed by atoms with E-state index in [2.05, 4.69) is 17.2 Å². The first kappa shape index (κ1) is 15.0. The fourth-order valence-electron chi connectivity index (χ4n) is 2.80. The molecule has 1 aliphatic carbocycles. The fraction of sp³-hybridized carbons (Fsp3) is 0.750. The smallest absolute Gasteiger partial charge is 0.222 e. The van der Waals surface area contributed by atoms with Crippen molar-refractivity contribution in [3.63, 3.8) is 0 Å². The molecule has 1 saturated heterocycles. The molecule has 0 spiro atoms. The van der Waals surface area contributed by atoms with Crippen LogP contribution in [0.1, 0.15) is 55.6 Å². The monoisotopic (exact) mass is 307 g/mol. The molecule has 2 heterocycles. The lowest BCUT2D eigenvalue weighted by atomic mass is 10.2. The number of piperazine rings is 1. The highest BCUT2D eigenvalue weighted by Crippen LogP contribution is 2.40. The summed E-state index contributed by atoms with van der Waals surface area (Å²) in [4.78, 5) is 21.2. The fourth-order valence-corrected chi connectivity index (χ4v) is 3.71. The van der Waals surface area contributed by atoms with E-state index in [1.165, 1.54) is 23.5 Å². The predicted octanol–water partition coefficient (Wildman–Crippen LogP) is 2.85. The molecule has 4 nitrogen and oxygen atoms in total. The Balaban J connectivity index is 1.43. The number of thiazole rings is 1. The Morgan fingerprint density at radius 1 is 1.33 bits per heavy atom. The summed E-state index contributed by atoms with van der Waals surface area (Å²) < 4.78 is 0. The molecule has 0 N–H and O–H groups in total. The molecule has 1 aliphatic heterocycles. The molecule has 0 unspecified atom stereocenters. The first-order valence-electron chi connectivity index (χ1n) is 8.20. The number of carbonyl (C=O) groups is 1. The van der Waals surface area contributed by atoms with Crippen LogP contribution in [0.3, 0.4) is 0 Å².